The lowest BCUT2D eigenvalue weighted by molar-refractivity contribution is 0.200. The number of aliphatic hydroxyl groups excluding tert-OH is 1. The van der Waals surface area contributed by atoms with Crippen molar-refractivity contribution in [1.82, 2.24) is 0 Å². The Morgan fingerprint density at radius 1 is 1.47 bits per heavy atom. The van der Waals surface area contributed by atoms with E-state index < -0.39 is 0 Å². The first-order valence-corrected chi connectivity index (χ1v) is 5.13. The average Bonchev–Trinajstić information content (AvgIpc) is 2.33. The lowest BCUT2D eigenvalue weighted by atomic mass is 10.2. The molecular formula is C12H14N2O3. The molecule has 0 radical (unpaired) electrons. The number of aliphatic hydroxyl groups is 1. The molecule has 1 aromatic carbocycles. The van der Waals surface area contributed by atoms with Gasteiger partial charge >= 0.3 is 0 Å². The summed E-state index contributed by atoms with van der Waals surface area (Å²) in [4.78, 5) is 5.13. The normalized spacial score (nSPS) is 9.29. The maximum atomic E-state index is 8.89. The van der Waals surface area contributed by atoms with Crippen LogP contribution in [0.3, 0.4) is 0 Å². The van der Waals surface area contributed by atoms with Gasteiger partial charge in [0.15, 0.2) is 5.75 Å². The van der Waals surface area contributed by atoms with Crippen molar-refractivity contribution in [1.29, 1.82) is 5.26 Å². The molecule has 0 amide bonds. The fraction of sp³-hybridized carbons (Fsp3) is 0.333. The fourth-order valence-electron chi connectivity index (χ4n) is 1.06. The van der Waals surface area contributed by atoms with Gasteiger partial charge in [0.1, 0.15) is 18.4 Å². The second kappa shape index (κ2) is 6.51. The monoisotopic (exact) mass is 234 g/mol. The Morgan fingerprint density at radius 2 is 2.24 bits per heavy atom. The molecule has 0 aliphatic rings. The highest BCUT2D eigenvalue weighted by Crippen LogP contribution is 2.24. The van der Waals surface area contributed by atoms with E-state index in [-0.39, 0.29) is 13.2 Å². The van der Waals surface area contributed by atoms with Crippen molar-refractivity contribution in [3.8, 4) is 17.6 Å². The van der Waals surface area contributed by atoms with Gasteiger partial charge in [0.25, 0.3) is 0 Å². The molecule has 0 aliphatic heterocycles. The van der Waals surface area contributed by atoms with Crippen LogP contribution < -0.4 is 9.57 Å². The predicted octanol–water partition coefficient (Wildman–Crippen LogP) is 1.70. The van der Waals surface area contributed by atoms with Gasteiger partial charge < -0.3 is 14.7 Å². The van der Waals surface area contributed by atoms with Gasteiger partial charge in [-0.2, -0.15) is 5.26 Å². The molecule has 5 heteroatoms. The van der Waals surface area contributed by atoms with Crippen molar-refractivity contribution >= 4 is 5.71 Å². The van der Waals surface area contributed by atoms with Crippen LogP contribution in [0.5, 0.6) is 11.5 Å². The highest BCUT2D eigenvalue weighted by Gasteiger charge is 2.06. The lowest BCUT2D eigenvalue weighted by Gasteiger charge is -2.07. The number of hydrogen-bond donors (Lipinski definition) is 1. The molecule has 1 rings (SSSR count). The maximum absolute atomic E-state index is 8.89. The molecule has 5 nitrogen and oxygen atoms in total. The van der Waals surface area contributed by atoms with E-state index in [1.807, 2.05) is 6.07 Å². The number of nitriles is 1. The summed E-state index contributed by atoms with van der Waals surface area (Å²) in [6, 6.07) is 6.80. The van der Waals surface area contributed by atoms with Gasteiger partial charge in [-0.3, -0.25) is 0 Å². The van der Waals surface area contributed by atoms with Gasteiger partial charge in [-0.1, -0.05) is 5.16 Å². The summed E-state index contributed by atoms with van der Waals surface area (Å²) in [6.07, 6.45) is 0. The summed E-state index contributed by atoms with van der Waals surface area (Å²) in [7, 11) is 0. The van der Waals surface area contributed by atoms with Crippen molar-refractivity contribution in [2.45, 2.75) is 13.8 Å². The minimum absolute atomic E-state index is 0.0671. The van der Waals surface area contributed by atoms with Crippen molar-refractivity contribution in [2.75, 3.05) is 13.2 Å². The summed E-state index contributed by atoms with van der Waals surface area (Å²) in [5.41, 5.74) is 1.13. The third kappa shape index (κ3) is 4.13. The summed E-state index contributed by atoms with van der Waals surface area (Å²) < 4.78 is 5.21. The molecule has 0 aliphatic carbocycles. The van der Waals surface area contributed by atoms with Gasteiger partial charge in [-0.15, -0.1) is 0 Å². The molecule has 0 unspecified atom stereocenters. The molecule has 0 spiro atoms. The van der Waals surface area contributed by atoms with Crippen LogP contribution in [-0.2, 0) is 0 Å². The topological polar surface area (TPSA) is 74.8 Å². The maximum Gasteiger partial charge on any atom is 0.179 e. The van der Waals surface area contributed by atoms with Gasteiger partial charge in [0, 0.05) is 6.07 Å². The molecule has 0 aromatic heterocycles. The van der Waals surface area contributed by atoms with Crippen molar-refractivity contribution in [2.24, 2.45) is 5.16 Å². The highest BCUT2D eigenvalue weighted by atomic mass is 16.6. The van der Waals surface area contributed by atoms with Crippen LogP contribution in [0.25, 0.3) is 0 Å². The standard InChI is InChI=1S/C12H14N2O3/c1-9(2)14-17-12-7-11(16-6-5-15)4-3-10(12)8-13/h3-4,7,15H,5-6H2,1-2H3. The minimum Gasteiger partial charge on any atom is -0.491 e. The van der Waals surface area contributed by atoms with Crippen LogP contribution in [0.4, 0.5) is 0 Å². The molecule has 0 heterocycles. The Balaban J connectivity index is 2.91. The molecule has 0 atom stereocenters. The summed E-state index contributed by atoms with van der Waals surface area (Å²) in [5.74, 6) is 0.862. The Bertz CT molecular complexity index is 446. The number of rotatable bonds is 5. The molecule has 0 saturated carbocycles. The fourth-order valence-corrected chi connectivity index (χ4v) is 1.06. The smallest absolute Gasteiger partial charge is 0.179 e. The number of benzene rings is 1. The van der Waals surface area contributed by atoms with Crippen molar-refractivity contribution in [3.63, 3.8) is 0 Å². The molecule has 90 valence electrons. The SMILES string of the molecule is CC(C)=NOc1cc(OCCO)ccc1C#N. The highest BCUT2D eigenvalue weighted by molar-refractivity contribution is 5.78. The molecule has 0 fully saturated rings. The van der Waals surface area contributed by atoms with Crippen molar-refractivity contribution < 1.29 is 14.7 Å². The lowest BCUT2D eigenvalue weighted by Crippen LogP contribution is -2.02. The van der Waals surface area contributed by atoms with Crippen LogP contribution in [0.15, 0.2) is 23.4 Å². The summed E-state index contributed by atoms with van der Waals surface area (Å²) in [6.45, 7) is 3.71. The summed E-state index contributed by atoms with van der Waals surface area (Å²) >= 11 is 0. The molecule has 17 heavy (non-hydrogen) atoms. The molecular weight excluding hydrogens is 220 g/mol. The Hall–Kier alpha value is -2.06. The van der Waals surface area contributed by atoms with E-state index in [0.29, 0.717) is 17.1 Å². The third-order valence-corrected chi connectivity index (χ3v) is 1.76. The second-order valence-electron chi connectivity index (χ2n) is 3.47. The molecule has 1 N–H and O–H groups in total. The zero-order chi connectivity index (χ0) is 12.7. The average molecular weight is 234 g/mol. The van der Waals surface area contributed by atoms with Gasteiger partial charge in [-0.05, 0) is 26.0 Å². The van der Waals surface area contributed by atoms with Crippen LogP contribution in [0, 0.1) is 11.3 Å². The summed E-state index contributed by atoms with van der Waals surface area (Å²) in [5, 5.41) is 21.3. The number of nitrogens with zero attached hydrogens (tertiary/aromatic N) is 2. The number of hydrogen-bond acceptors (Lipinski definition) is 5. The van der Waals surface area contributed by atoms with Gasteiger partial charge in [0.2, 0.25) is 0 Å². The van der Waals surface area contributed by atoms with E-state index >= 15 is 0 Å². The van der Waals surface area contributed by atoms with Crippen LogP contribution in [-0.4, -0.2) is 24.0 Å². The van der Waals surface area contributed by atoms with E-state index in [1.54, 1.807) is 32.0 Å². The Morgan fingerprint density at radius 3 is 2.82 bits per heavy atom. The van der Waals surface area contributed by atoms with Crippen LogP contribution in [0.2, 0.25) is 0 Å². The molecule has 0 bridgehead atoms. The first-order valence-electron chi connectivity index (χ1n) is 5.13. The quantitative estimate of drug-likeness (QED) is 0.621. The predicted molar refractivity (Wildman–Crippen MR) is 63.1 cm³/mol. The molecule has 0 saturated heterocycles. The van der Waals surface area contributed by atoms with E-state index in [4.69, 9.17) is 19.9 Å². The largest absolute Gasteiger partial charge is 0.491 e. The zero-order valence-corrected chi connectivity index (χ0v) is 9.80. The van der Waals surface area contributed by atoms with Gasteiger partial charge in [0.05, 0.1) is 17.9 Å². The van der Waals surface area contributed by atoms with Crippen LogP contribution in [0.1, 0.15) is 19.4 Å². The van der Waals surface area contributed by atoms with Crippen molar-refractivity contribution in [3.05, 3.63) is 23.8 Å². The van der Waals surface area contributed by atoms with E-state index in [0.717, 1.165) is 5.71 Å². The van der Waals surface area contributed by atoms with E-state index in [9.17, 15) is 0 Å². The van der Waals surface area contributed by atoms with Gasteiger partial charge in [-0.25, -0.2) is 0 Å². The first kappa shape index (κ1) is 13.0. The first-order chi connectivity index (χ1) is 8.17. The number of oxime groups is 1. The molecule has 1 aromatic rings. The van der Waals surface area contributed by atoms with E-state index in [1.165, 1.54) is 0 Å². The van der Waals surface area contributed by atoms with E-state index in [2.05, 4.69) is 5.16 Å². The number of ether oxygens (including phenoxy) is 1. The minimum atomic E-state index is -0.0671. The zero-order valence-electron chi connectivity index (χ0n) is 9.80. The third-order valence-electron chi connectivity index (χ3n) is 1.76. The Labute approximate surface area is 99.9 Å². The second-order valence-corrected chi connectivity index (χ2v) is 3.47. The van der Waals surface area contributed by atoms with Crippen LogP contribution >= 0.6 is 0 Å². The Kier molecular flexibility index (Phi) is 4.98.